The van der Waals surface area contributed by atoms with E-state index in [9.17, 15) is 0 Å². The summed E-state index contributed by atoms with van der Waals surface area (Å²) < 4.78 is 0.514. The van der Waals surface area contributed by atoms with Crippen molar-refractivity contribution in [3.63, 3.8) is 0 Å². The number of fused-ring (bicyclic) bond motifs is 3. The van der Waals surface area contributed by atoms with Crippen LogP contribution in [0.5, 0.6) is 0 Å². The van der Waals surface area contributed by atoms with E-state index in [1.54, 1.807) is 0 Å². The summed E-state index contributed by atoms with van der Waals surface area (Å²) in [6.07, 6.45) is 4.69. The van der Waals surface area contributed by atoms with Gasteiger partial charge in [0.2, 0.25) is 0 Å². The van der Waals surface area contributed by atoms with Gasteiger partial charge in [-0.2, -0.15) is 0 Å². The van der Waals surface area contributed by atoms with Gasteiger partial charge in [0.1, 0.15) is 0 Å². The molecule has 0 radical (unpaired) electrons. The average molecular weight is 342 g/mol. The Hall–Kier alpha value is -0.241. The predicted octanol–water partition coefficient (Wildman–Crippen LogP) is 0.701. The van der Waals surface area contributed by atoms with Crippen LogP contribution in [0.1, 0.15) is 5.56 Å². The Morgan fingerprint density at radius 3 is 2.50 bits per heavy atom. The number of hydrogen-bond donors (Lipinski definition) is 2. The summed E-state index contributed by atoms with van der Waals surface area (Å²) in [4.78, 5) is 1.70. The Morgan fingerprint density at radius 2 is 1.75 bits per heavy atom. The van der Waals surface area contributed by atoms with Gasteiger partial charge in [0, 0.05) is 0 Å². The molecule has 1 aromatic rings. The molecule has 1 aromatic carbocycles. The molecule has 0 spiro atoms. The fourth-order valence-electron chi connectivity index (χ4n) is 2.54. The molecule has 2 heterocycles. The Balaban J connectivity index is 1.75. The first kappa shape index (κ1) is 9.75. The first-order valence-electron chi connectivity index (χ1n) is 5.35. The van der Waals surface area contributed by atoms with Gasteiger partial charge in [-0.05, 0) is 0 Å². The normalized spacial score (nSPS) is 47.1. The van der Waals surface area contributed by atoms with Crippen molar-refractivity contribution >= 4 is 35.6 Å². The molecular formula is C12H12N2Se2. The maximum absolute atomic E-state index is 6.26. The zero-order valence-corrected chi connectivity index (χ0v) is 12.0. The van der Waals surface area contributed by atoms with Crippen LogP contribution < -0.4 is 11.5 Å². The summed E-state index contributed by atoms with van der Waals surface area (Å²) in [5.74, 6) is 0. The molecule has 16 heavy (non-hydrogen) atoms. The van der Waals surface area contributed by atoms with E-state index in [-0.39, 0.29) is 4.44 Å². The molecule has 0 amide bonds. The van der Waals surface area contributed by atoms with Crippen LogP contribution in [0.2, 0.25) is 9.63 Å². The molecule has 4 N–H and O–H groups in total. The van der Waals surface area contributed by atoms with E-state index in [2.05, 4.69) is 24.3 Å². The summed E-state index contributed by atoms with van der Waals surface area (Å²) in [6, 6.07) is 8.43. The third kappa shape index (κ3) is 1.12. The Morgan fingerprint density at radius 1 is 1.00 bits per heavy atom. The van der Waals surface area contributed by atoms with Gasteiger partial charge in [-0.15, -0.1) is 0 Å². The van der Waals surface area contributed by atoms with Gasteiger partial charge in [-0.25, -0.2) is 0 Å². The first-order chi connectivity index (χ1) is 7.64. The monoisotopic (exact) mass is 344 g/mol. The molecule has 4 rings (SSSR count). The zero-order valence-electron chi connectivity index (χ0n) is 8.59. The fourth-order valence-corrected chi connectivity index (χ4v) is 9.96. The number of allylic oxidation sites excluding steroid dienone is 1. The van der Waals surface area contributed by atoms with Crippen LogP contribution in [0.4, 0.5) is 5.69 Å². The third-order valence-corrected chi connectivity index (χ3v) is 11.1. The number of nitrogens with two attached hydrogens (primary N) is 2. The van der Waals surface area contributed by atoms with Crippen molar-refractivity contribution < 1.29 is 0 Å². The van der Waals surface area contributed by atoms with Crippen LogP contribution >= 0.6 is 0 Å². The number of rotatable bonds is 1. The Bertz CT molecular complexity index is 498. The minimum atomic E-state index is 0.132. The Labute approximate surface area is 107 Å². The van der Waals surface area contributed by atoms with Crippen molar-refractivity contribution in [3.05, 3.63) is 42.0 Å². The molecule has 2 aliphatic heterocycles. The van der Waals surface area contributed by atoms with Crippen LogP contribution in [-0.4, -0.2) is 34.4 Å². The van der Waals surface area contributed by atoms with E-state index in [0.717, 1.165) is 15.3 Å². The molecule has 82 valence electrons. The zero-order chi connectivity index (χ0) is 11.0. The van der Waals surface area contributed by atoms with Gasteiger partial charge in [0.05, 0.1) is 0 Å². The van der Waals surface area contributed by atoms with Gasteiger partial charge >= 0.3 is 107 Å². The number of anilines is 1. The van der Waals surface area contributed by atoms with Crippen LogP contribution in [0.3, 0.4) is 0 Å². The van der Waals surface area contributed by atoms with Gasteiger partial charge in [0.15, 0.2) is 0 Å². The van der Waals surface area contributed by atoms with Crippen molar-refractivity contribution in [2.24, 2.45) is 5.73 Å². The van der Waals surface area contributed by atoms with Crippen molar-refractivity contribution in [1.29, 1.82) is 0 Å². The summed E-state index contributed by atoms with van der Waals surface area (Å²) in [5, 5.41) is 0. The van der Waals surface area contributed by atoms with Crippen LogP contribution in [0, 0.1) is 0 Å². The quantitative estimate of drug-likeness (QED) is 0.449. The standard InChI is InChI=1S/C12H12N2Se2/c13-8-3-1-7(2-4-8)11-5-6-12(14)10(16-12)9(11)15-11/h1-6,9-10H,13-14H2. The van der Waals surface area contributed by atoms with E-state index in [4.69, 9.17) is 11.5 Å². The van der Waals surface area contributed by atoms with E-state index < -0.39 is 0 Å². The van der Waals surface area contributed by atoms with E-state index in [1.807, 2.05) is 12.1 Å². The van der Waals surface area contributed by atoms with Crippen LogP contribution in [0.25, 0.3) is 0 Å². The van der Waals surface area contributed by atoms with Crippen molar-refractivity contribution in [2.75, 3.05) is 5.73 Å². The molecule has 1 aliphatic carbocycles. The second-order valence-corrected chi connectivity index (χ2v) is 10.7. The summed E-state index contributed by atoms with van der Waals surface area (Å²) >= 11 is 1.37. The SMILES string of the molecule is Nc1ccc(C23C=CC4(N)[Se]C4C2[Se]3)cc1. The van der Waals surface area contributed by atoms with E-state index in [0.29, 0.717) is 34.2 Å². The first-order valence-corrected chi connectivity index (χ1v) is 9.04. The van der Waals surface area contributed by atoms with Crippen LogP contribution in [-0.2, 0) is 4.31 Å². The number of nitrogen functional groups attached to an aromatic ring is 1. The molecule has 0 saturated carbocycles. The molecule has 2 nitrogen and oxygen atoms in total. The summed E-state index contributed by atoms with van der Waals surface area (Å²) in [5.41, 5.74) is 14.3. The summed E-state index contributed by atoms with van der Waals surface area (Å²) in [7, 11) is 0. The second-order valence-electron chi connectivity index (χ2n) is 4.68. The van der Waals surface area contributed by atoms with Gasteiger partial charge in [0.25, 0.3) is 0 Å². The molecule has 3 aliphatic rings. The molecule has 4 heteroatoms. The minimum absolute atomic E-state index is 0.132. The van der Waals surface area contributed by atoms with Crippen molar-refractivity contribution in [1.82, 2.24) is 0 Å². The summed E-state index contributed by atoms with van der Waals surface area (Å²) in [6.45, 7) is 0. The molecule has 4 atom stereocenters. The van der Waals surface area contributed by atoms with E-state index in [1.165, 1.54) is 5.56 Å². The predicted molar refractivity (Wildman–Crippen MR) is 67.6 cm³/mol. The maximum atomic E-state index is 6.26. The van der Waals surface area contributed by atoms with E-state index >= 15 is 0 Å². The second kappa shape index (κ2) is 2.77. The molecule has 4 unspecified atom stereocenters. The van der Waals surface area contributed by atoms with Gasteiger partial charge in [-0.1, -0.05) is 0 Å². The fraction of sp³-hybridized carbons (Fsp3) is 0.333. The molecule has 2 saturated heterocycles. The number of benzene rings is 1. The Kier molecular flexibility index (Phi) is 1.69. The van der Waals surface area contributed by atoms with Gasteiger partial charge in [-0.3, -0.25) is 0 Å². The van der Waals surface area contributed by atoms with Crippen LogP contribution in [0.15, 0.2) is 36.4 Å². The molecule has 2 fully saturated rings. The van der Waals surface area contributed by atoms with Crippen molar-refractivity contribution in [2.45, 2.75) is 18.4 Å². The molecule has 0 aromatic heterocycles. The molecular weight excluding hydrogens is 330 g/mol. The molecule has 0 bridgehead atoms. The third-order valence-electron chi connectivity index (χ3n) is 3.63. The van der Waals surface area contributed by atoms with Gasteiger partial charge < -0.3 is 0 Å². The van der Waals surface area contributed by atoms with Crippen molar-refractivity contribution in [3.8, 4) is 0 Å². The average Bonchev–Trinajstić information content (AvgIpc) is 3.11. The topological polar surface area (TPSA) is 52.0 Å². The number of hydrogen-bond acceptors (Lipinski definition) is 2.